The molecule has 1 atom stereocenters. The number of hydrogen-bond acceptors (Lipinski definition) is 7. The van der Waals surface area contributed by atoms with Gasteiger partial charge in [-0.15, -0.1) is 9.58 Å². The van der Waals surface area contributed by atoms with Crippen molar-refractivity contribution in [3.63, 3.8) is 0 Å². The lowest BCUT2D eigenvalue weighted by Crippen LogP contribution is -2.63. The van der Waals surface area contributed by atoms with E-state index < -0.39 is 0 Å². The molecule has 2 aromatic carbocycles. The Balaban J connectivity index is 1.31. The molecule has 34 heavy (non-hydrogen) atoms. The third-order valence-electron chi connectivity index (χ3n) is 6.81. The summed E-state index contributed by atoms with van der Waals surface area (Å²) >= 11 is 0. The van der Waals surface area contributed by atoms with Gasteiger partial charge in [0.05, 0.1) is 19.8 Å². The number of guanidine groups is 2. The second-order valence-corrected chi connectivity index (χ2v) is 9.33. The Morgan fingerprint density at radius 3 is 2.35 bits per heavy atom. The lowest BCUT2D eigenvalue weighted by Gasteiger charge is -2.39. The Morgan fingerprint density at radius 1 is 0.912 bits per heavy atom. The molecule has 174 valence electrons. The van der Waals surface area contributed by atoms with Crippen LogP contribution in [0.2, 0.25) is 0 Å². The zero-order chi connectivity index (χ0) is 23.0. The van der Waals surface area contributed by atoms with Crippen molar-refractivity contribution in [2.75, 3.05) is 45.9 Å². The Bertz CT molecular complexity index is 1170. The molecule has 4 heterocycles. The molecule has 0 spiro atoms. The number of carbonyl (C=O) groups is 1. The van der Waals surface area contributed by atoms with Crippen LogP contribution in [-0.4, -0.2) is 78.0 Å². The van der Waals surface area contributed by atoms with Crippen LogP contribution in [0.3, 0.4) is 0 Å². The van der Waals surface area contributed by atoms with Crippen LogP contribution in [-0.2, 0) is 22.6 Å². The van der Waals surface area contributed by atoms with Crippen LogP contribution in [0.15, 0.2) is 81.9 Å². The van der Waals surface area contributed by atoms with Gasteiger partial charge < -0.3 is 9.64 Å². The number of nitrogens with one attached hydrogen (secondary N) is 1. The zero-order valence-electron chi connectivity index (χ0n) is 19.2. The van der Waals surface area contributed by atoms with Crippen molar-refractivity contribution in [2.24, 2.45) is 9.98 Å². The highest BCUT2D eigenvalue weighted by Crippen LogP contribution is 2.31. The summed E-state index contributed by atoms with van der Waals surface area (Å²) in [5.41, 5.74) is 7.80. The summed E-state index contributed by atoms with van der Waals surface area (Å²) in [5, 5.41) is 0. The van der Waals surface area contributed by atoms with Crippen molar-refractivity contribution in [3.05, 3.63) is 83.1 Å². The summed E-state index contributed by atoms with van der Waals surface area (Å²) in [6.07, 6.45) is 0. The van der Waals surface area contributed by atoms with Gasteiger partial charge in [0, 0.05) is 37.3 Å². The average molecular weight is 458 g/mol. The smallest absolute Gasteiger partial charge is 0.358 e. The Morgan fingerprint density at radius 2 is 1.62 bits per heavy atom. The molecule has 6 rings (SSSR count). The summed E-state index contributed by atoms with van der Waals surface area (Å²) < 4.78 is 5.94. The van der Waals surface area contributed by atoms with E-state index in [0.717, 1.165) is 37.7 Å². The molecule has 4 aliphatic rings. The zero-order valence-corrected chi connectivity index (χ0v) is 19.2. The minimum atomic E-state index is 0.0808. The summed E-state index contributed by atoms with van der Waals surface area (Å²) in [5.74, 6) is 1.58. The van der Waals surface area contributed by atoms with Crippen LogP contribution in [0.25, 0.3) is 0 Å². The van der Waals surface area contributed by atoms with Crippen molar-refractivity contribution in [1.29, 1.82) is 0 Å². The van der Waals surface area contributed by atoms with Gasteiger partial charge in [-0.3, -0.25) is 9.69 Å². The highest BCUT2D eigenvalue weighted by Gasteiger charge is 2.49. The lowest BCUT2D eigenvalue weighted by molar-refractivity contribution is -0.883. The highest BCUT2D eigenvalue weighted by molar-refractivity contribution is 6.03. The van der Waals surface area contributed by atoms with Crippen LogP contribution in [0.1, 0.15) is 11.1 Å². The first kappa shape index (κ1) is 21.2. The molecule has 1 unspecified atom stereocenters. The number of morpholine rings is 1. The van der Waals surface area contributed by atoms with Crippen LogP contribution in [0.5, 0.6) is 0 Å². The molecule has 0 amide bonds. The molecule has 0 aliphatic carbocycles. The van der Waals surface area contributed by atoms with Gasteiger partial charge in [-0.2, -0.15) is 10.4 Å². The maximum Gasteiger partial charge on any atom is 0.358 e. The van der Waals surface area contributed by atoms with Gasteiger partial charge in [0.15, 0.2) is 5.78 Å². The number of fused-ring (bicyclic) bond motifs is 1. The number of ether oxygens (including phenoxy) is 1. The second kappa shape index (κ2) is 8.79. The predicted molar refractivity (Wildman–Crippen MR) is 129 cm³/mol. The van der Waals surface area contributed by atoms with E-state index in [2.05, 4.69) is 51.6 Å². The number of carbonyl (C=O) groups excluding carboxylic acids is 1. The monoisotopic (exact) mass is 457 g/mol. The van der Waals surface area contributed by atoms with Gasteiger partial charge in [0.2, 0.25) is 0 Å². The average Bonchev–Trinajstić information content (AvgIpc) is 3.23. The van der Waals surface area contributed by atoms with Crippen LogP contribution >= 0.6 is 0 Å². The minimum absolute atomic E-state index is 0.0808. The number of quaternary nitrogens is 1. The lowest BCUT2D eigenvalue weighted by atomic mass is 10.0. The number of rotatable bonds is 4. The van der Waals surface area contributed by atoms with Gasteiger partial charge in [0.25, 0.3) is 5.96 Å². The van der Waals surface area contributed by atoms with Crippen molar-refractivity contribution < 1.29 is 14.1 Å². The standard InChI is InChI=1S/C26H29N6O2/c33-23-17-30(15-20-7-3-1-4-8-20)16-22-19-32(18-21-9-5-2-6-10-21)26(27-24(22)23)28-25(29-32)31-11-13-34-14-12-31/h1-10H,11-19H2,(H,27,28,29)/q+1. The van der Waals surface area contributed by atoms with E-state index in [1.165, 1.54) is 11.1 Å². The highest BCUT2D eigenvalue weighted by atomic mass is 16.5. The number of nitrogens with zero attached hydrogens (tertiary/aromatic N) is 5. The first-order valence-corrected chi connectivity index (χ1v) is 11.9. The quantitative estimate of drug-likeness (QED) is 0.711. The summed E-state index contributed by atoms with van der Waals surface area (Å²) in [6.45, 7) is 6.20. The van der Waals surface area contributed by atoms with Crippen LogP contribution in [0.4, 0.5) is 0 Å². The molecule has 1 fully saturated rings. The van der Waals surface area contributed by atoms with Gasteiger partial charge in [0.1, 0.15) is 18.8 Å². The number of ketones is 1. The van der Waals surface area contributed by atoms with Gasteiger partial charge in [-0.1, -0.05) is 60.7 Å². The molecule has 8 heteroatoms. The van der Waals surface area contributed by atoms with E-state index in [0.29, 0.717) is 49.1 Å². The minimum Gasteiger partial charge on any atom is -0.378 e. The fraction of sp³-hybridized carbons (Fsp3) is 0.346. The fourth-order valence-electron chi connectivity index (χ4n) is 5.19. The molecule has 0 radical (unpaired) electrons. The Labute approximate surface area is 199 Å². The summed E-state index contributed by atoms with van der Waals surface area (Å²) in [7, 11) is 0. The SMILES string of the molecule is O=C1CN(Cc2ccccc2)CC2=C1N=C1N=C(N3CCOCC3)N[N+]1(Cc1ccccc1)C2. The van der Waals surface area contributed by atoms with E-state index in [9.17, 15) is 4.79 Å². The van der Waals surface area contributed by atoms with Gasteiger partial charge in [-0.25, -0.2) is 0 Å². The third-order valence-corrected chi connectivity index (χ3v) is 6.81. The number of hydrogen-bond donors (Lipinski definition) is 1. The molecular weight excluding hydrogens is 428 g/mol. The predicted octanol–water partition coefficient (Wildman–Crippen LogP) is 1.92. The van der Waals surface area contributed by atoms with Crippen LogP contribution in [0, 0.1) is 0 Å². The van der Waals surface area contributed by atoms with E-state index >= 15 is 0 Å². The largest absolute Gasteiger partial charge is 0.378 e. The maximum absolute atomic E-state index is 13.2. The molecule has 1 saturated heterocycles. The molecule has 4 aliphatic heterocycles. The fourth-order valence-corrected chi connectivity index (χ4v) is 5.19. The first-order valence-electron chi connectivity index (χ1n) is 11.9. The summed E-state index contributed by atoms with van der Waals surface area (Å²) in [4.78, 5) is 27.4. The van der Waals surface area contributed by atoms with Crippen molar-refractivity contribution in [3.8, 4) is 0 Å². The second-order valence-electron chi connectivity index (χ2n) is 9.33. The van der Waals surface area contributed by atoms with Crippen molar-refractivity contribution in [2.45, 2.75) is 13.1 Å². The van der Waals surface area contributed by atoms with E-state index in [1.54, 1.807) is 0 Å². The topological polar surface area (TPSA) is 69.5 Å². The molecule has 0 aromatic heterocycles. The number of benzene rings is 2. The van der Waals surface area contributed by atoms with E-state index in [4.69, 9.17) is 14.7 Å². The van der Waals surface area contributed by atoms with E-state index in [-0.39, 0.29) is 5.78 Å². The van der Waals surface area contributed by atoms with Crippen molar-refractivity contribution >= 4 is 17.7 Å². The number of aliphatic imine (C=N–C) groups is 2. The van der Waals surface area contributed by atoms with Crippen molar-refractivity contribution in [1.82, 2.24) is 15.2 Å². The summed E-state index contributed by atoms with van der Waals surface area (Å²) in [6, 6.07) is 20.8. The molecule has 2 aromatic rings. The molecule has 0 bridgehead atoms. The normalized spacial score (nSPS) is 24.8. The van der Waals surface area contributed by atoms with Gasteiger partial charge in [-0.05, 0) is 5.56 Å². The van der Waals surface area contributed by atoms with E-state index in [1.807, 2.05) is 24.3 Å². The molecule has 0 saturated carbocycles. The maximum atomic E-state index is 13.2. The van der Waals surface area contributed by atoms with Gasteiger partial charge >= 0.3 is 5.96 Å². The molecule has 1 N–H and O–H groups in total. The van der Waals surface area contributed by atoms with Crippen LogP contribution < -0.4 is 5.43 Å². The third kappa shape index (κ3) is 4.04. The Hall–Kier alpha value is -3.33. The first-order chi connectivity index (χ1) is 16.7. The molecular formula is C26H29N6O2+. The molecule has 8 nitrogen and oxygen atoms in total. The Kier molecular flexibility index (Phi) is 5.49. The number of Topliss-reactive ketones (excluding diaryl/α,β-unsaturated/α-hetero) is 1.